The quantitative estimate of drug-likeness (QED) is 0.383. The molecule has 1 saturated carbocycles. The fourth-order valence-corrected chi connectivity index (χ4v) is 5.81. The molecule has 1 aliphatic heterocycles. The number of rotatable bonds is 7. The predicted molar refractivity (Wildman–Crippen MR) is 145 cm³/mol. The molecule has 1 aliphatic carbocycles. The molecule has 1 N–H and O–H groups in total. The van der Waals surface area contributed by atoms with Crippen molar-refractivity contribution in [2.75, 3.05) is 13.6 Å². The van der Waals surface area contributed by atoms with E-state index < -0.39 is 5.54 Å². The Labute approximate surface area is 220 Å². The number of likely N-dealkylation sites (tertiary alicyclic amines) is 1. The molecule has 7 nitrogen and oxygen atoms in total. The van der Waals surface area contributed by atoms with Crippen molar-refractivity contribution < 1.29 is 9.53 Å². The van der Waals surface area contributed by atoms with Crippen LogP contribution in [0.4, 0.5) is 0 Å². The van der Waals surface area contributed by atoms with Crippen molar-refractivity contribution in [1.29, 1.82) is 0 Å². The molecule has 3 radical (unpaired) electrons. The Hall–Kier alpha value is -3.49. The molecule has 2 aromatic heterocycles. The van der Waals surface area contributed by atoms with E-state index in [1.54, 1.807) is 4.68 Å². The molecule has 8 heteroatoms. The normalized spacial score (nSPS) is 19.3. The van der Waals surface area contributed by atoms with Gasteiger partial charge in [-0.25, -0.2) is 0 Å². The number of pyridine rings is 1. The molecule has 187 valence electrons. The first-order valence-electron chi connectivity index (χ1n) is 12.7. The molecule has 3 heterocycles. The molecule has 2 aromatic carbocycles. The summed E-state index contributed by atoms with van der Waals surface area (Å²) in [4.78, 5) is 20.6. The molecular weight excluding hydrogens is 478 g/mol. The van der Waals surface area contributed by atoms with E-state index >= 15 is 0 Å². The standard InChI is InChI=1S/C29H30N5O2Si/c1-18-6-7-21(36-28(37)26-8-12-33(26)2)15-23(18)27(35)32-29(9-10-29)24-13-19(20-16-31-34(3)17-20)14-25-22(24)5-4-11-30-25/h4-7,11,13-17,26,28H,8-10,12H2,1-3H3,(H,32,35)/t26-,28-/m0/s1. The molecule has 1 saturated heterocycles. The highest BCUT2D eigenvalue weighted by Crippen LogP contribution is 2.49. The van der Waals surface area contributed by atoms with Crippen LogP contribution in [0, 0.1) is 6.92 Å². The zero-order valence-corrected chi connectivity index (χ0v) is 22.4. The van der Waals surface area contributed by atoms with Gasteiger partial charge in [0.1, 0.15) is 5.75 Å². The Morgan fingerprint density at radius 3 is 2.70 bits per heavy atom. The second kappa shape index (κ2) is 9.11. The van der Waals surface area contributed by atoms with Crippen LogP contribution in [0.15, 0.2) is 61.1 Å². The van der Waals surface area contributed by atoms with Crippen LogP contribution in [0.3, 0.4) is 0 Å². The van der Waals surface area contributed by atoms with Gasteiger partial charge in [0, 0.05) is 42.0 Å². The van der Waals surface area contributed by atoms with Gasteiger partial charge in [-0.1, -0.05) is 12.1 Å². The zero-order chi connectivity index (χ0) is 25.7. The van der Waals surface area contributed by atoms with Crippen molar-refractivity contribution in [3.8, 4) is 16.9 Å². The molecule has 2 fully saturated rings. The van der Waals surface area contributed by atoms with Gasteiger partial charge in [-0.05, 0) is 86.8 Å². The summed E-state index contributed by atoms with van der Waals surface area (Å²) >= 11 is 0. The molecule has 37 heavy (non-hydrogen) atoms. The lowest BCUT2D eigenvalue weighted by Gasteiger charge is -2.41. The maximum Gasteiger partial charge on any atom is 0.252 e. The van der Waals surface area contributed by atoms with E-state index in [0.717, 1.165) is 59.0 Å². The van der Waals surface area contributed by atoms with Crippen molar-refractivity contribution in [2.45, 2.75) is 43.5 Å². The number of benzene rings is 2. The number of aromatic nitrogens is 3. The number of nitrogens with zero attached hydrogens (tertiary/aromatic N) is 4. The molecule has 1 amide bonds. The number of ether oxygens (including phenoxy) is 1. The number of likely N-dealkylation sites (N-methyl/N-ethyl adjacent to an activating group) is 1. The first kappa shape index (κ1) is 23.9. The zero-order valence-electron chi connectivity index (χ0n) is 21.4. The minimum absolute atomic E-state index is 0.0875. The van der Waals surface area contributed by atoms with Gasteiger partial charge < -0.3 is 15.0 Å². The largest absolute Gasteiger partial charge is 0.493 e. The molecular formula is C29H30N5O2Si. The van der Waals surface area contributed by atoms with E-state index in [9.17, 15) is 4.79 Å². The minimum Gasteiger partial charge on any atom is -0.493 e. The van der Waals surface area contributed by atoms with Gasteiger partial charge in [0.2, 0.25) is 0 Å². The van der Waals surface area contributed by atoms with Gasteiger partial charge in [0.05, 0.1) is 33.2 Å². The maximum atomic E-state index is 13.7. The number of hydrogen-bond donors (Lipinski definition) is 1. The number of amides is 1. The van der Waals surface area contributed by atoms with E-state index in [1.165, 1.54) is 0 Å². The first-order valence-corrected chi connectivity index (χ1v) is 13.3. The Morgan fingerprint density at radius 2 is 2.03 bits per heavy atom. The summed E-state index contributed by atoms with van der Waals surface area (Å²) in [6, 6.07) is 14.4. The van der Waals surface area contributed by atoms with Gasteiger partial charge in [0.15, 0.2) is 0 Å². The summed E-state index contributed by atoms with van der Waals surface area (Å²) in [6.07, 6.45) is 8.52. The van der Waals surface area contributed by atoms with Gasteiger partial charge in [-0.3, -0.25) is 14.5 Å². The fraction of sp³-hybridized carbons (Fsp3) is 0.345. The van der Waals surface area contributed by atoms with Crippen LogP contribution in [-0.2, 0) is 12.6 Å². The highest BCUT2D eigenvalue weighted by molar-refractivity contribution is 6.11. The summed E-state index contributed by atoms with van der Waals surface area (Å²) in [5, 5.41) is 8.79. The van der Waals surface area contributed by atoms with Gasteiger partial charge in [0.25, 0.3) is 5.91 Å². The van der Waals surface area contributed by atoms with Crippen molar-refractivity contribution >= 4 is 27.1 Å². The van der Waals surface area contributed by atoms with Gasteiger partial charge in [-0.2, -0.15) is 5.10 Å². The average molecular weight is 509 g/mol. The van der Waals surface area contributed by atoms with E-state index in [0.29, 0.717) is 17.4 Å². The molecule has 6 rings (SSSR count). The Bertz CT molecular complexity index is 1490. The van der Waals surface area contributed by atoms with Crippen molar-refractivity contribution in [2.24, 2.45) is 7.05 Å². The highest BCUT2D eigenvalue weighted by Gasteiger charge is 2.47. The summed E-state index contributed by atoms with van der Waals surface area (Å²) in [7, 11) is 7.74. The molecule has 4 aromatic rings. The predicted octanol–water partition coefficient (Wildman–Crippen LogP) is 3.94. The van der Waals surface area contributed by atoms with Crippen LogP contribution >= 0.6 is 0 Å². The fourth-order valence-electron chi connectivity index (χ4n) is 5.25. The summed E-state index contributed by atoms with van der Waals surface area (Å²) in [5.74, 6) is 0.602. The first-order chi connectivity index (χ1) is 17.8. The van der Waals surface area contributed by atoms with Crippen LogP contribution in [0.25, 0.3) is 22.0 Å². The lowest BCUT2D eigenvalue weighted by atomic mass is 9.94. The SMILES string of the molecule is Cc1ccc(O[C@@H]([Si])[C@@H]2CCN2C)cc1C(=O)NC1(c2cc(-c3cnn(C)c3)cc3ncccc23)CC1. The van der Waals surface area contributed by atoms with Gasteiger partial charge >= 0.3 is 0 Å². The van der Waals surface area contributed by atoms with Crippen molar-refractivity contribution in [1.82, 2.24) is 25.0 Å². The molecule has 2 atom stereocenters. The van der Waals surface area contributed by atoms with E-state index in [2.05, 4.69) is 55.8 Å². The second-order valence-corrected chi connectivity index (χ2v) is 11.0. The lowest BCUT2D eigenvalue weighted by molar-refractivity contribution is 0.0562. The number of carbonyl (C=O) groups excluding carboxylic acids is 1. The molecule has 0 unspecified atom stereocenters. The molecule has 0 bridgehead atoms. The number of fused-ring (bicyclic) bond motifs is 1. The third-order valence-electron chi connectivity index (χ3n) is 7.79. The lowest BCUT2D eigenvalue weighted by Crippen LogP contribution is -2.53. The molecule has 0 spiro atoms. The van der Waals surface area contributed by atoms with Crippen LogP contribution in [0.5, 0.6) is 5.75 Å². The third-order valence-corrected chi connectivity index (χ3v) is 8.29. The van der Waals surface area contributed by atoms with Crippen LogP contribution < -0.4 is 10.1 Å². The second-order valence-electron chi connectivity index (χ2n) is 10.4. The van der Waals surface area contributed by atoms with Crippen LogP contribution in [-0.4, -0.2) is 61.2 Å². The number of nitrogens with one attached hydrogen (secondary N) is 1. The number of hydrogen-bond acceptors (Lipinski definition) is 5. The van der Waals surface area contributed by atoms with E-state index in [-0.39, 0.29) is 11.6 Å². The third kappa shape index (κ3) is 4.44. The van der Waals surface area contributed by atoms with Crippen molar-refractivity contribution in [3.05, 3.63) is 77.7 Å². The van der Waals surface area contributed by atoms with E-state index in [1.807, 2.05) is 56.8 Å². The topological polar surface area (TPSA) is 72.3 Å². The molecule has 2 aliphatic rings. The summed E-state index contributed by atoms with van der Waals surface area (Å²) < 4.78 is 7.96. The van der Waals surface area contributed by atoms with Crippen LogP contribution in [0.1, 0.15) is 40.7 Å². The smallest absolute Gasteiger partial charge is 0.252 e. The van der Waals surface area contributed by atoms with E-state index in [4.69, 9.17) is 4.74 Å². The minimum atomic E-state index is -0.424. The average Bonchev–Trinajstić information content (AvgIpc) is 3.52. The Balaban J connectivity index is 1.30. The monoisotopic (exact) mass is 508 g/mol. The highest BCUT2D eigenvalue weighted by atomic mass is 28.1. The van der Waals surface area contributed by atoms with Gasteiger partial charge in [-0.15, -0.1) is 0 Å². The Kier molecular flexibility index (Phi) is 5.88. The number of carbonyl (C=O) groups is 1. The summed E-state index contributed by atoms with van der Waals surface area (Å²) in [6.45, 7) is 3.04. The maximum absolute atomic E-state index is 13.7. The number of aryl methyl sites for hydroxylation is 2. The van der Waals surface area contributed by atoms with Crippen molar-refractivity contribution in [3.63, 3.8) is 0 Å². The van der Waals surface area contributed by atoms with Crippen LogP contribution in [0.2, 0.25) is 0 Å². The Morgan fingerprint density at radius 1 is 1.19 bits per heavy atom. The summed E-state index contributed by atoms with van der Waals surface area (Å²) in [5.41, 5.74) is 5.09.